The van der Waals surface area contributed by atoms with Crippen LogP contribution in [0.15, 0.2) is 53.3 Å². The average molecular weight is 461 g/mol. The molecule has 1 saturated carbocycles. The van der Waals surface area contributed by atoms with E-state index in [2.05, 4.69) is 24.1 Å². The third kappa shape index (κ3) is 5.03. The lowest BCUT2D eigenvalue weighted by Crippen LogP contribution is -2.45. The van der Waals surface area contributed by atoms with Gasteiger partial charge in [-0.3, -0.25) is 23.9 Å². The van der Waals surface area contributed by atoms with Crippen molar-refractivity contribution in [3.63, 3.8) is 0 Å². The molecule has 1 heterocycles. The molecule has 1 fully saturated rings. The van der Waals surface area contributed by atoms with Crippen LogP contribution in [-0.2, 0) is 16.1 Å². The second kappa shape index (κ2) is 10.2. The molecule has 0 bridgehead atoms. The number of benzene rings is 2. The predicted octanol–water partition coefficient (Wildman–Crippen LogP) is 4.84. The number of aromatic nitrogens is 2. The van der Waals surface area contributed by atoms with Crippen molar-refractivity contribution in [2.24, 2.45) is 0 Å². The van der Waals surface area contributed by atoms with E-state index in [4.69, 9.17) is 0 Å². The van der Waals surface area contributed by atoms with Crippen LogP contribution in [0.4, 0.5) is 11.5 Å². The van der Waals surface area contributed by atoms with Gasteiger partial charge in [-0.15, -0.1) is 0 Å². The van der Waals surface area contributed by atoms with E-state index in [9.17, 15) is 14.4 Å². The number of nitrogens with one attached hydrogen (secondary N) is 1. The van der Waals surface area contributed by atoms with E-state index in [0.717, 1.165) is 32.1 Å². The molecule has 0 radical (unpaired) electrons. The van der Waals surface area contributed by atoms with Gasteiger partial charge in [0.1, 0.15) is 6.54 Å². The first kappa shape index (κ1) is 23.7. The number of nitrogens with zero attached hydrogens (tertiary/aromatic N) is 3. The molecule has 178 valence electrons. The Morgan fingerprint density at radius 1 is 1.06 bits per heavy atom. The summed E-state index contributed by atoms with van der Waals surface area (Å²) in [7, 11) is 0. The highest BCUT2D eigenvalue weighted by Crippen LogP contribution is 2.26. The van der Waals surface area contributed by atoms with Crippen molar-refractivity contribution in [3.05, 3.63) is 64.4 Å². The molecule has 1 aliphatic carbocycles. The fraction of sp³-hybridized carbons (Fsp3) is 0.407. The van der Waals surface area contributed by atoms with Crippen LogP contribution in [-0.4, -0.2) is 27.4 Å². The normalized spacial score (nSPS) is 14.4. The molecule has 0 atom stereocenters. The van der Waals surface area contributed by atoms with Gasteiger partial charge in [0.2, 0.25) is 17.6 Å². The maximum absolute atomic E-state index is 13.6. The van der Waals surface area contributed by atoms with Crippen LogP contribution in [0.1, 0.15) is 64.4 Å². The van der Waals surface area contributed by atoms with Crippen molar-refractivity contribution >= 4 is 34.4 Å². The monoisotopic (exact) mass is 460 g/mol. The molecule has 1 N–H and O–H groups in total. The first-order valence-electron chi connectivity index (χ1n) is 12.0. The first-order valence-corrected chi connectivity index (χ1v) is 12.0. The van der Waals surface area contributed by atoms with E-state index in [1.165, 1.54) is 17.1 Å². The Morgan fingerprint density at radius 3 is 2.38 bits per heavy atom. The van der Waals surface area contributed by atoms with E-state index in [1.54, 1.807) is 17.0 Å². The summed E-state index contributed by atoms with van der Waals surface area (Å²) in [5.74, 6) is -0.00716. The predicted molar refractivity (Wildman–Crippen MR) is 135 cm³/mol. The summed E-state index contributed by atoms with van der Waals surface area (Å²) in [5.41, 5.74) is 2.58. The second-order valence-electron chi connectivity index (χ2n) is 9.32. The number of hydrogen-bond donors (Lipinski definition) is 1. The number of amides is 2. The van der Waals surface area contributed by atoms with Crippen LogP contribution >= 0.6 is 0 Å². The van der Waals surface area contributed by atoms with Gasteiger partial charge in [-0.1, -0.05) is 57.4 Å². The van der Waals surface area contributed by atoms with Gasteiger partial charge in [-0.25, -0.2) is 4.98 Å². The quantitative estimate of drug-likeness (QED) is 0.570. The van der Waals surface area contributed by atoms with Crippen molar-refractivity contribution in [1.29, 1.82) is 0 Å². The standard InChI is InChI=1S/C27H32N4O3/c1-18(2)20-13-15-21(16-14-20)28-25(33)17-30-24-12-8-7-11-23(24)29-26(27(30)34)31(19(3)32)22-9-5-4-6-10-22/h7-8,11-16,18,22H,4-6,9-10,17H2,1-3H3,(H,28,33). The minimum atomic E-state index is -0.426. The summed E-state index contributed by atoms with van der Waals surface area (Å²) in [6.07, 6.45) is 4.87. The summed E-state index contributed by atoms with van der Waals surface area (Å²) in [6, 6.07) is 14.9. The van der Waals surface area contributed by atoms with Crippen molar-refractivity contribution in [1.82, 2.24) is 9.55 Å². The van der Waals surface area contributed by atoms with Gasteiger partial charge >= 0.3 is 0 Å². The van der Waals surface area contributed by atoms with Crippen molar-refractivity contribution < 1.29 is 9.59 Å². The van der Waals surface area contributed by atoms with Gasteiger partial charge in [0.25, 0.3) is 5.56 Å². The van der Waals surface area contributed by atoms with E-state index < -0.39 is 5.56 Å². The zero-order valence-corrected chi connectivity index (χ0v) is 20.1. The summed E-state index contributed by atoms with van der Waals surface area (Å²) >= 11 is 0. The third-order valence-corrected chi connectivity index (χ3v) is 6.51. The Morgan fingerprint density at radius 2 is 1.74 bits per heavy atom. The fourth-order valence-corrected chi connectivity index (χ4v) is 4.71. The molecule has 7 heteroatoms. The zero-order chi connectivity index (χ0) is 24.2. The molecule has 0 aliphatic heterocycles. The largest absolute Gasteiger partial charge is 0.325 e. The number of carbonyl (C=O) groups is 2. The highest BCUT2D eigenvalue weighted by atomic mass is 16.2. The minimum absolute atomic E-state index is 0.0469. The number of rotatable bonds is 6. The zero-order valence-electron chi connectivity index (χ0n) is 20.1. The molecule has 34 heavy (non-hydrogen) atoms. The SMILES string of the molecule is CC(=O)N(c1nc2ccccc2n(CC(=O)Nc2ccc(C(C)C)cc2)c1=O)C1CCCCC1. The Bertz CT molecular complexity index is 1240. The summed E-state index contributed by atoms with van der Waals surface area (Å²) in [6.45, 7) is 5.54. The maximum atomic E-state index is 13.6. The highest BCUT2D eigenvalue weighted by molar-refractivity contribution is 5.93. The number of fused-ring (bicyclic) bond motifs is 1. The van der Waals surface area contributed by atoms with Gasteiger partial charge < -0.3 is 5.32 Å². The molecule has 0 unspecified atom stereocenters. The molecule has 1 aromatic heterocycles. The van der Waals surface area contributed by atoms with Gasteiger partial charge in [0, 0.05) is 18.7 Å². The third-order valence-electron chi connectivity index (χ3n) is 6.51. The lowest BCUT2D eigenvalue weighted by Gasteiger charge is -2.32. The van der Waals surface area contributed by atoms with E-state index >= 15 is 0 Å². The first-order chi connectivity index (χ1) is 16.3. The van der Waals surface area contributed by atoms with Crippen LogP contribution in [0.2, 0.25) is 0 Å². The highest BCUT2D eigenvalue weighted by Gasteiger charge is 2.29. The Labute approximate surface area is 199 Å². The number of carbonyl (C=O) groups excluding carboxylic acids is 2. The van der Waals surface area contributed by atoms with Crippen molar-refractivity contribution in [2.75, 3.05) is 10.2 Å². The summed E-state index contributed by atoms with van der Waals surface area (Å²) < 4.78 is 1.42. The van der Waals surface area contributed by atoms with Gasteiger partial charge in [0.15, 0.2) is 0 Å². The molecular formula is C27H32N4O3. The molecule has 3 aromatic rings. The molecule has 0 spiro atoms. The summed E-state index contributed by atoms with van der Waals surface area (Å²) in [5, 5.41) is 2.88. The second-order valence-corrected chi connectivity index (χ2v) is 9.32. The molecule has 7 nitrogen and oxygen atoms in total. The molecule has 0 saturated heterocycles. The van der Waals surface area contributed by atoms with E-state index in [-0.39, 0.29) is 30.2 Å². The number of hydrogen-bond acceptors (Lipinski definition) is 4. The van der Waals surface area contributed by atoms with E-state index in [1.807, 2.05) is 36.4 Å². The molecule has 4 rings (SSSR count). The van der Waals surface area contributed by atoms with Crippen LogP contribution in [0.25, 0.3) is 11.0 Å². The lowest BCUT2D eigenvalue weighted by molar-refractivity contribution is -0.117. The van der Waals surface area contributed by atoms with Crippen LogP contribution < -0.4 is 15.8 Å². The van der Waals surface area contributed by atoms with Gasteiger partial charge in [-0.05, 0) is 48.6 Å². The lowest BCUT2D eigenvalue weighted by atomic mass is 9.94. The number of anilines is 2. The maximum Gasteiger partial charge on any atom is 0.294 e. The van der Waals surface area contributed by atoms with Gasteiger partial charge in [0.05, 0.1) is 11.0 Å². The summed E-state index contributed by atoms with van der Waals surface area (Å²) in [4.78, 5) is 45.3. The van der Waals surface area contributed by atoms with Crippen LogP contribution in [0, 0.1) is 0 Å². The molecule has 1 aliphatic rings. The van der Waals surface area contributed by atoms with Crippen molar-refractivity contribution in [3.8, 4) is 0 Å². The molecule has 2 aromatic carbocycles. The smallest absolute Gasteiger partial charge is 0.294 e. The average Bonchev–Trinajstić information content (AvgIpc) is 2.82. The Kier molecular flexibility index (Phi) is 7.10. The Hall–Kier alpha value is -3.48. The van der Waals surface area contributed by atoms with Crippen molar-refractivity contribution in [2.45, 2.75) is 71.4 Å². The van der Waals surface area contributed by atoms with E-state index in [0.29, 0.717) is 22.6 Å². The molecule has 2 amide bonds. The van der Waals surface area contributed by atoms with Crippen LogP contribution in [0.3, 0.4) is 0 Å². The van der Waals surface area contributed by atoms with Crippen LogP contribution in [0.5, 0.6) is 0 Å². The topological polar surface area (TPSA) is 84.3 Å². The van der Waals surface area contributed by atoms with Gasteiger partial charge in [-0.2, -0.15) is 0 Å². The Balaban J connectivity index is 1.68. The fourth-order valence-electron chi connectivity index (χ4n) is 4.71. The number of para-hydroxylation sites is 2. The molecular weight excluding hydrogens is 428 g/mol. The minimum Gasteiger partial charge on any atom is -0.325 e.